The number of nitrogens with zero attached hydrogens (tertiary/aromatic N) is 1. The predicted molar refractivity (Wildman–Crippen MR) is 151 cm³/mol. The molecule has 0 atom stereocenters. The Morgan fingerprint density at radius 1 is 0.846 bits per heavy atom. The predicted octanol–water partition coefficient (Wildman–Crippen LogP) is 5.50. The van der Waals surface area contributed by atoms with Gasteiger partial charge in [-0.15, -0.1) is 0 Å². The van der Waals surface area contributed by atoms with E-state index in [1.807, 2.05) is 0 Å². The lowest BCUT2D eigenvalue weighted by Gasteiger charge is -2.23. The molecule has 0 radical (unpaired) electrons. The molecule has 1 amide bonds. The SMILES string of the molecule is CS(=O)(=O)N(Cc1ccccc1F)c1ccc(C(=O)Nc2ccc(S(=O)(=O)Nc3ccccc3Cl)cc2)cc1. The number of hydrogen-bond donors (Lipinski definition) is 2. The van der Waals surface area contributed by atoms with Crippen LogP contribution in [0.1, 0.15) is 15.9 Å². The Kier molecular flexibility index (Phi) is 8.24. The number of benzene rings is 4. The van der Waals surface area contributed by atoms with Gasteiger partial charge in [0.15, 0.2) is 0 Å². The van der Waals surface area contributed by atoms with Gasteiger partial charge in [0, 0.05) is 16.8 Å². The molecule has 0 spiro atoms. The highest BCUT2D eigenvalue weighted by molar-refractivity contribution is 7.92. The molecule has 0 saturated heterocycles. The lowest BCUT2D eigenvalue weighted by molar-refractivity contribution is 0.102. The van der Waals surface area contributed by atoms with Crippen LogP contribution in [0, 0.1) is 5.82 Å². The Morgan fingerprint density at radius 2 is 1.46 bits per heavy atom. The molecule has 0 fully saturated rings. The zero-order valence-corrected chi connectivity index (χ0v) is 22.9. The van der Waals surface area contributed by atoms with E-state index in [4.69, 9.17) is 11.6 Å². The molecule has 0 heterocycles. The zero-order valence-electron chi connectivity index (χ0n) is 20.5. The number of carbonyl (C=O) groups excluding carboxylic acids is 1. The average Bonchev–Trinajstić information content (AvgIpc) is 2.89. The van der Waals surface area contributed by atoms with E-state index < -0.39 is 31.8 Å². The standard InChI is InChI=1S/C27H23ClFN3O5S2/c1-38(34,35)32(18-20-6-2-4-8-25(20)29)22-14-10-19(11-15-22)27(33)30-21-12-16-23(17-13-21)39(36,37)31-26-9-5-3-7-24(26)28/h2-17,31H,18H2,1H3,(H,30,33). The van der Waals surface area contributed by atoms with Crippen molar-refractivity contribution in [1.29, 1.82) is 0 Å². The van der Waals surface area contributed by atoms with Crippen LogP contribution >= 0.6 is 11.6 Å². The first-order valence-electron chi connectivity index (χ1n) is 11.4. The molecule has 0 aliphatic rings. The summed E-state index contributed by atoms with van der Waals surface area (Å²) >= 11 is 6.03. The highest BCUT2D eigenvalue weighted by Gasteiger charge is 2.20. The van der Waals surface area contributed by atoms with Crippen molar-refractivity contribution >= 4 is 54.6 Å². The van der Waals surface area contributed by atoms with Gasteiger partial charge in [0.05, 0.1) is 34.1 Å². The summed E-state index contributed by atoms with van der Waals surface area (Å²) in [5.41, 5.74) is 1.28. The summed E-state index contributed by atoms with van der Waals surface area (Å²) in [6, 6.07) is 23.6. The minimum atomic E-state index is -3.91. The minimum Gasteiger partial charge on any atom is -0.322 e. The molecule has 8 nitrogen and oxygen atoms in total. The van der Waals surface area contributed by atoms with Crippen LogP contribution in [0.2, 0.25) is 5.02 Å². The number of para-hydroxylation sites is 1. The van der Waals surface area contributed by atoms with Gasteiger partial charge in [-0.3, -0.25) is 13.8 Å². The molecular formula is C27H23ClFN3O5S2. The van der Waals surface area contributed by atoms with Gasteiger partial charge in [-0.2, -0.15) is 0 Å². The molecule has 2 N–H and O–H groups in total. The van der Waals surface area contributed by atoms with Crippen molar-refractivity contribution in [2.75, 3.05) is 20.6 Å². The molecule has 12 heteroatoms. The Labute approximate surface area is 231 Å². The fraction of sp³-hybridized carbons (Fsp3) is 0.0741. The number of nitrogens with one attached hydrogen (secondary N) is 2. The van der Waals surface area contributed by atoms with Crippen LogP contribution in [-0.4, -0.2) is 29.0 Å². The largest absolute Gasteiger partial charge is 0.322 e. The lowest BCUT2D eigenvalue weighted by Crippen LogP contribution is -2.29. The maximum atomic E-state index is 14.1. The van der Waals surface area contributed by atoms with Crippen molar-refractivity contribution < 1.29 is 26.0 Å². The molecule has 4 rings (SSSR count). The zero-order chi connectivity index (χ0) is 28.2. The number of sulfonamides is 2. The first-order chi connectivity index (χ1) is 18.4. The second-order valence-electron chi connectivity index (χ2n) is 8.47. The topological polar surface area (TPSA) is 113 Å². The lowest BCUT2D eigenvalue weighted by atomic mass is 10.1. The van der Waals surface area contributed by atoms with Gasteiger partial charge in [-0.25, -0.2) is 21.2 Å². The summed E-state index contributed by atoms with van der Waals surface area (Å²) in [4.78, 5) is 12.7. The van der Waals surface area contributed by atoms with Gasteiger partial charge in [-0.05, 0) is 66.7 Å². The second kappa shape index (κ2) is 11.4. The third-order valence-corrected chi connectivity index (χ3v) is 8.48. The average molecular weight is 588 g/mol. The third kappa shape index (κ3) is 6.94. The Balaban J connectivity index is 1.46. The van der Waals surface area contributed by atoms with E-state index in [0.717, 1.165) is 10.6 Å². The van der Waals surface area contributed by atoms with Crippen LogP contribution in [-0.2, 0) is 26.6 Å². The van der Waals surface area contributed by atoms with Gasteiger partial charge >= 0.3 is 0 Å². The van der Waals surface area contributed by atoms with Gasteiger partial charge < -0.3 is 5.32 Å². The van der Waals surface area contributed by atoms with Gasteiger partial charge in [-0.1, -0.05) is 41.9 Å². The number of anilines is 3. The number of halogens is 2. The van der Waals surface area contributed by atoms with Crippen LogP contribution in [0.15, 0.2) is 102 Å². The Hall–Kier alpha value is -3.93. The van der Waals surface area contributed by atoms with Gasteiger partial charge in [0.2, 0.25) is 10.0 Å². The van der Waals surface area contributed by atoms with Crippen molar-refractivity contribution in [3.05, 3.63) is 119 Å². The van der Waals surface area contributed by atoms with Crippen molar-refractivity contribution in [3.63, 3.8) is 0 Å². The number of amides is 1. The molecule has 0 aliphatic carbocycles. The van der Waals surface area contributed by atoms with E-state index in [9.17, 15) is 26.0 Å². The van der Waals surface area contributed by atoms with Crippen LogP contribution < -0.4 is 14.3 Å². The number of hydrogen-bond acceptors (Lipinski definition) is 5. The molecule has 4 aromatic carbocycles. The van der Waals surface area contributed by atoms with Crippen molar-refractivity contribution in [1.82, 2.24) is 0 Å². The summed E-state index contributed by atoms with van der Waals surface area (Å²) in [6.07, 6.45) is 1.02. The first kappa shape index (κ1) is 28.1. The third-order valence-electron chi connectivity index (χ3n) is 5.63. The molecular weight excluding hydrogens is 565 g/mol. The molecule has 0 aromatic heterocycles. The quantitative estimate of drug-likeness (QED) is 0.269. The van der Waals surface area contributed by atoms with Crippen LogP contribution in [0.25, 0.3) is 0 Å². The maximum Gasteiger partial charge on any atom is 0.261 e. The monoisotopic (exact) mass is 587 g/mol. The van der Waals surface area contributed by atoms with E-state index in [1.54, 1.807) is 24.3 Å². The summed E-state index contributed by atoms with van der Waals surface area (Å²) in [6.45, 7) is -0.211. The van der Waals surface area contributed by atoms with Crippen LogP contribution in [0.3, 0.4) is 0 Å². The molecule has 202 valence electrons. The molecule has 4 aromatic rings. The molecule has 0 saturated carbocycles. The van der Waals surface area contributed by atoms with Gasteiger partial charge in [0.1, 0.15) is 5.82 Å². The van der Waals surface area contributed by atoms with E-state index in [-0.39, 0.29) is 39.0 Å². The van der Waals surface area contributed by atoms with E-state index in [0.29, 0.717) is 5.69 Å². The summed E-state index contributed by atoms with van der Waals surface area (Å²) < 4.78 is 67.7. The molecule has 0 bridgehead atoms. The number of carbonyl (C=O) groups is 1. The molecule has 39 heavy (non-hydrogen) atoms. The Bertz CT molecular complexity index is 1710. The van der Waals surface area contributed by atoms with Crippen molar-refractivity contribution in [2.24, 2.45) is 0 Å². The van der Waals surface area contributed by atoms with Crippen LogP contribution in [0.5, 0.6) is 0 Å². The molecule has 0 aliphatic heterocycles. The number of rotatable bonds is 9. The maximum absolute atomic E-state index is 14.1. The normalized spacial score (nSPS) is 11.6. The van der Waals surface area contributed by atoms with E-state index in [2.05, 4.69) is 10.0 Å². The van der Waals surface area contributed by atoms with E-state index in [1.165, 1.54) is 72.8 Å². The Morgan fingerprint density at radius 3 is 2.08 bits per heavy atom. The summed E-state index contributed by atoms with van der Waals surface area (Å²) in [5.74, 6) is -1.02. The van der Waals surface area contributed by atoms with E-state index >= 15 is 0 Å². The summed E-state index contributed by atoms with van der Waals surface area (Å²) in [5, 5.41) is 2.92. The minimum absolute atomic E-state index is 0.0273. The fourth-order valence-electron chi connectivity index (χ4n) is 3.63. The smallest absolute Gasteiger partial charge is 0.261 e. The van der Waals surface area contributed by atoms with Crippen molar-refractivity contribution in [2.45, 2.75) is 11.4 Å². The fourth-order valence-corrected chi connectivity index (χ4v) is 5.83. The molecule has 0 unspecified atom stereocenters. The highest BCUT2D eigenvalue weighted by atomic mass is 35.5. The van der Waals surface area contributed by atoms with Gasteiger partial charge in [0.25, 0.3) is 15.9 Å². The van der Waals surface area contributed by atoms with Crippen LogP contribution in [0.4, 0.5) is 21.5 Å². The first-order valence-corrected chi connectivity index (χ1v) is 15.1. The highest BCUT2D eigenvalue weighted by Crippen LogP contribution is 2.25. The summed E-state index contributed by atoms with van der Waals surface area (Å²) in [7, 11) is -7.66. The second-order valence-corrected chi connectivity index (χ2v) is 12.5. The van der Waals surface area contributed by atoms with Crippen molar-refractivity contribution in [3.8, 4) is 0 Å².